The summed E-state index contributed by atoms with van der Waals surface area (Å²) in [6, 6.07) is 0.573. The van der Waals surface area contributed by atoms with Crippen molar-refractivity contribution >= 4 is 5.91 Å². The first-order valence-electron chi connectivity index (χ1n) is 7.28. The standard InChI is InChI=1S/C13H29N5O/c1-12(2)17-7-9-18(10-8-17)13(19)11-16-6-5-15-4-3-14/h12,15-16H,3-11,14H2,1-2H3. The summed E-state index contributed by atoms with van der Waals surface area (Å²) in [5.74, 6) is 0.210. The highest BCUT2D eigenvalue weighted by molar-refractivity contribution is 5.78. The minimum atomic E-state index is 0.210. The maximum Gasteiger partial charge on any atom is 0.236 e. The van der Waals surface area contributed by atoms with Crippen LogP contribution in [0.15, 0.2) is 0 Å². The number of nitrogens with two attached hydrogens (primary N) is 1. The molecule has 0 atom stereocenters. The molecule has 0 radical (unpaired) electrons. The van der Waals surface area contributed by atoms with Crippen LogP contribution in [0.2, 0.25) is 0 Å². The molecule has 0 aromatic heterocycles. The summed E-state index contributed by atoms with van der Waals surface area (Å²) in [4.78, 5) is 16.3. The lowest BCUT2D eigenvalue weighted by Crippen LogP contribution is -2.52. The zero-order valence-electron chi connectivity index (χ0n) is 12.3. The van der Waals surface area contributed by atoms with Gasteiger partial charge in [0.2, 0.25) is 5.91 Å². The van der Waals surface area contributed by atoms with Gasteiger partial charge in [0.05, 0.1) is 6.54 Å². The second kappa shape index (κ2) is 9.25. The van der Waals surface area contributed by atoms with Gasteiger partial charge < -0.3 is 21.3 Å². The van der Waals surface area contributed by atoms with E-state index in [2.05, 4.69) is 29.4 Å². The molecule has 0 spiro atoms. The topological polar surface area (TPSA) is 73.6 Å². The number of rotatable bonds is 8. The molecule has 0 bridgehead atoms. The number of piperazine rings is 1. The number of nitrogens with one attached hydrogen (secondary N) is 2. The molecule has 1 amide bonds. The Bertz CT molecular complexity index is 251. The molecular weight excluding hydrogens is 242 g/mol. The highest BCUT2D eigenvalue weighted by Gasteiger charge is 2.21. The molecule has 1 aliphatic rings. The van der Waals surface area contributed by atoms with Crippen molar-refractivity contribution in [2.75, 3.05) is 58.9 Å². The molecule has 1 saturated heterocycles. The van der Waals surface area contributed by atoms with Gasteiger partial charge in [0.25, 0.3) is 0 Å². The monoisotopic (exact) mass is 271 g/mol. The van der Waals surface area contributed by atoms with Crippen molar-refractivity contribution in [3.8, 4) is 0 Å². The van der Waals surface area contributed by atoms with Crippen LogP contribution >= 0.6 is 0 Å². The zero-order chi connectivity index (χ0) is 14.1. The van der Waals surface area contributed by atoms with Gasteiger partial charge >= 0.3 is 0 Å². The molecule has 19 heavy (non-hydrogen) atoms. The lowest BCUT2D eigenvalue weighted by molar-refractivity contribution is -0.132. The Labute approximate surface area is 116 Å². The van der Waals surface area contributed by atoms with E-state index >= 15 is 0 Å². The van der Waals surface area contributed by atoms with Crippen molar-refractivity contribution in [3.05, 3.63) is 0 Å². The Balaban J connectivity index is 2.07. The third kappa shape index (κ3) is 6.33. The predicted molar refractivity (Wildman–Crippen MR) is 78.1 cm³/mol. The van der Waals surface area contributed by atoms with Crippen molar-refractivity contribution in [2.24, 2.45) is 5.73 Å². The average Bonchev–Trinajstić information content (AvgIpc) is 2.42. The lowest BCUT2D eigenvalue weighted by atomic mass is 10.2. The fourth-order valence-electron chi connectivity index (χ4n) is 2.20. The smallest absolute Gasteiger partial charge is 0.236 e. The second-order valence-corrected chi connectivity index (χ2v) is 5.23. The first kappa shape index (κ1) is 16.4. The number of hydrogen-bond donors (Lipinski definition) is 3. The molecule has 1 fully saturated rings. The van der Waals surface area contributed by atoms with E-state index in [-0.39, 0.29) is 5.91 Å². The molecule has 6 nitrogen and oxygen atoms in total. The van der Waals surface area contributed by atoms with E-state index in [1.165, 1.54) is 0 Å². The van der Waals surface area contributed by atoms with Gasteiger partial charge in [-0.2, -0.15) is 0 Å². The van der Waals surface area contributed by atoms with Crippen LogP contribution in [-0.2, 0) is 4.79 Å². The molecule has 0 aromatic rings. The maximum absolute atomic E-state index is 12.0. The van der Waals surface area contributed by atoms with Crippen LogP contribution in [-0.4, -0.2) is 80.7 Å². The summed E-state index contributed by atoms with van der Waals surface area (Å²) >= 11 is 0. The Hall–Kier alpha value is -0.690. The fraction of sp³-hybridized carbons (Fsp3) is 0.923. The third-order valence-electron chi connectivity index (χ3n) is 3.47. The number of carbonyl (C=O) groups excluding carboxylic acids is 1. The molecule has 1 rings (SSSR count). The van der Waals surface area contributed by atoms with Crippen LogP contribution in [0.1, 0.15) is 13.8 Å². The maximum atomic E-state index is 12.0. The molecule has 0 aromatic carbocycles. The van der Waals surface area contributed by atoms with Gasteiger partial charge in [-0.15, -0.1) is 0 Å². The number of hydrogen-bond acceptors (Lipinski definition) is 5. The van der Waals surface area contributed by atoms with Crippen molar-refractivity contribution in [3.63, 3.8) is 0 Å². The number of nitrogens with zero attached hydrogens (tertiary/aromatic N) is 2. The van der Waals surface area contributed by atoms with Crippen LogP contribution in [0.5, 0.6) is 0 Å². The van der Waals surface area contributed by atoms with Gasteiger partial charge in [0.15, 0.2) is 0 Å². The molecule has 0 saturated carbocycles. The Morgan fingerprint density at radius 3 is 2.32 bits per heavy atom. The summed E-state index contributed by atoms with van der Waals surface area (Å²) in [7, 11) is 0. The van der Waals surface area contributed by atoms with Gasteiger partial charge in [-0.1, -0.05) is 0 Å². The summed E-state index contributed by atoms with van der Waals surface area (Å²) in [6.07, 6.45) is 0. The summed E-state index contributed by atoms with van der Waals surface area (Å²) in [5, 5.41) is 6.35. The molecule has 1 aliphatic heterocycles. The van der Waals surface area contributed by atoms with E-state index < -0.39 is 0 Å². The molecule has 4 N–H and O–H groups in total. The Kier molecular flexibility index (Phi) is 7.97. The van der Waals surface area contributed by atoms with Crippen molar-refractivity contribution < 1.29 is 4.79 Å². The number of carbonyl (C=O) groups is 1. The van der Waals surface area contributed by atoms with Gasteiger partial charge in [0.1, 0.15) is 0 Å². The van der Waals surface area contributed by atoms with Crippen molar-refractivity contribution in [1.29, 1.82) is 0 Å². The van der Waals surface area contributed by atoms with Crippen molar-refractivity contribution in [2.45, 2.75) is 19.9 Å². The SMILES string of the molecule is CC(C)N1CCN(C(=O)CNCCNCCN)CC1. The highest BCUT2D eigenvalue weighted by Crippen LogP contribution is 2.05. The molecule has 1 heterocycles. The van der Waals surface area contributed by atoms with Gasteiger partial charge in [-0.25, -0.2) is 0 Å². The first-order valence-corrected chi connectivity index (χ1v) is 7.28. The zero-order valence-corrected chi connectivity index (χ0v) is 12.3. The highest BCUT2D eigenvalue weighted by atomic mass is 16.2. The van der Waals surface area contributed by atoms with Gasteiger partial charge in [-0.05, 0) is 13.8 Å². The van der Waals surface area contributed by atoms with E-state index in [4.69, 9.17) is 5.73 Å². The van der Waals surface area contributed by atoms with Gasteiger partial charge in [0, 0.05) is 58.4 Å². The van der Waals surface area contributed by atoms with E-state index in [1.807, 2.05) is 4.90 Å². The number of amides is 1. The van der Waals surface area contributed by atoms with Gasteiger partial charge in [-0.3, -0.25) is 9.69 Å². The Morgan fingerprint density at radius 2 is 1.74 bits per heavy atom. The largest absolute Gasteiger partial charge is 0.339 e. The van der Waals surface area contributed by atoms with Crippen LogP contribution in [0.3, 0.4) is 0 Å². The third-order valence-corrected chi connectivity index (χ3v) is 3.47. The average molecular weight is 271 g/mol. The van der Waals surface area contributed by atoms with Crippen molar-refractivity contribution in [1.82, 2.24) is 20.4 Å². The fourth-order valence-corrected chi connectivity index (χ4v) is 2.20. The lowest BCUT2D eigenvalue weighted by Gasteiger charge is -2.37. The molecule has 0 unspecified atom stereocenters. The van der Waals surface area contributed by atoms with E-state index in [0.717, 1.165) is 45.8 Å². The first-order chi connectivity index (χ1) is 9.15. The normalized spacial score (nSPS) is 17.2. The second-order valence-electron chi connectivity index (χ2n) is 5.23. The quantitative estimate of drug-likeness (QED) is 0.477. The molecular formula is C13H29N5O. The van der Waals surface area contributed by atoms with E-state index in [1.54, 1.807) is 0 Å². The molecule has 0 aliphatic carbocycles. The van der Waals surface area contributed by atoms with E-state index in [0.29, 0.717) is 19.1 Å². The minimum absolute atomic E-state index is 0.210. The summed E-state index contributed by atoms with van der Waals surface area (Å²) < 4.78 is 0. The van der Waals surface area contributed by atoms with Crippen LogP contribution in [0.25, 0.3) is 0 Å². The minimum Gasteiger partial charge on any atom is -0.339 e. The predicted octanol–water partition coefficient (Wildman–Crippen LogP) is -1.32. The molecule has 112 valence electrons. The van der Waals surface area contributed by atoms with Crippen LogP contribution in [0, 0.1) is 0 Å². The molecule has 6 heteroatoms. The summed E-state index contributed by atoms with van der Waals surface area (Å²) in [6.45, 7) is 11.7. The Morgan fingerprint density at radius 1 is 1.11 bits per heavy atom. The summed E-state index contributed by atoms with van der Waals surface area (Å²) in [5.41, 5.74) is 5.37. The van der Waals surface area contributed by atoms with Crippen LogP contribution < -0.4 is 16.4 Å². The van der Waals surface area contributed by atoms with Crippen LogP contribution in [0.4, 0.5) is 0 Å². The van der Waals surface area contributed by atoms with E-state index in [9.17, 15) is 4.79 Å².